The second-order valence-corrected chi connectivity index (χ2v) is 6.81. The second kappa shape index (κ2) is 11.4. The number of aliphatic hydroxyl groups excluding tert-OH is 3. The number of nitrogens with zero attached hydrogens (tertiary/aromatic N) is 1. The number of aliphatic hydroxyl groups is 4. The Balaban J connectivity index is 2.34. The van der Waals surface area contributed by atoms with Crippen LogP contribution in [0.2, 0.25) is 0 Å². The van der Waals surface area contributed by atoms with E-state index >= 15 is 0 Å². The number of hydrogen-bond donors (Lipinski definition) is 4. The van der Waals surface area contributed by atoms with Crippen LogP contribution >= 0.6 is 0 Å². The van der Waals surface area contributed by atoms with Crippen LogP contribution in [0.25, 0.3) is 0 Å². The quantitative estimate of drug-likeness (QED) is 0.283. The molecule has 0 amide bonds. The average Bonchev–Trinajstić information content (AvgIpc) is 2.58. The SMILES string of the molecule is CC(C)(O)C(=O)c1ccc(CCOCC(O)CN(CCO)CCO)cc1. The smallest absolute Gasteiger partial charge is 0.193 e. The lowest BCUT2D eigenvalue weighted by Crippen LogP contribution is -2.38. The van der Waals surface area contributed by atoms with Crippen LogP contribution in [0.3, 0.4) is 0 Å². The summed E-state index contributed by atoms with van der Waals surface area (Å²) in [6.45, 7) is 4.59. The maximum Gasteiger partial charge on any atom is 0.193 e. The van der Waals surface area contributed by atoms with Crippen LogP contribution in [-0.4, -0.2) is 88.9 Å². The molecule has 1 aromatic carbocycles. The first kappa shape index (κ1) is 22.7. The summed E-state index contributed by atoms with van der Waals surface area (Å²) in [6, 6.07) is 7.02. The van der Waals surface area contributed by atoms with Crippen molar-refractivity contribution >= 4 is 5.78 Å². The maximum absolute atomic E-state index is 12.0. The van der Waals surface area contributed by atoms with Crippen molar-refractivity contribution in [3.8, 4) is 0 Å². The number of hydrogen-bond acceptors (Lipinski definition) is 7. The van der Waals surface area contributed by atoms with Crippen molar-refractivity contribution in [2.24, 2.45) is 0 Å². The zero-order valence-electron chi connectivity index (χ0n) is 15.6. The summed E-state index contributed by atoms with van der Waals surface area (Å²) in [4.78, 5) is 13.7. The van der Waals surface area contributed by atoms with Crippen molar-refractivity contribution in [2.75, 3.05) is 46.1 Å². The van der Waals surface area contributed by atoms with E-state index in [0.717, 1.165) is 5.56 Å². The van der Waals surface area contributed by atoms with Gasteiger partial charge in [0, 0.05) is 25.2 Å². The van der Waals surface area contributed by atoms with Gasteiger partial charge < -0.3 is 25.2 Å². The Morgan fingerprint density at radius 2 is 1.73 bits per heavy atom. The van der Waals surface area contributed by atoms with Gasteiger partial charge in [-0.2, -0.15) is 0 Å². The minimum atomic E-state index is -1.39. The van der Waals surface area contributed by atoms with E-state index in [4.69, 9.17) is 14.9 Å². The number of rotatable bonds is 13. The van der Waals surface area contributed by atoms with Crippen molar-refractivity contribution in [3.05, 3.63) is 35.4 Å². The van der Waals surface area contributed by atoms with Gasteiger partial charge in [-0.25, -0.2) is 0 Å². The van der Waals surface area contributed by atoms with Crippen molar-refractivity contribution in [1.29, 1.82) is 0 Å². The van der Waals surface area contributed by atoms with E-state index in [1.807, 2.05) is 12.1 Å². The lowest BCUT2D eigenvalue weighted by Gasteiger charge is -2.23. The molecule has 7 nitrogen and oxygen atoms in total. The fourth-order valence-electron chi connectivity index (χ4n) is 2.51. The second-order valence-electron chi connectivity index (χ2n) is 6.81. The van der Waals surface area contributed by atoms with Gasteiger partial charge in [0.25, 0.3) is 0 Å². The highest BCUT2D eigenvalue weighted by Crippen LogP contribution is 2.14. The van der Waals surface area contributed by atoms with E-state index in [0.29, 0.717) is 38.2 Å². The van der Waals surface area contributed by atoms with Crippen LogP contribution in [0.5, 0.6) is 0 Å². The summed E-state index contributed by atoms with van der Waals surface area (Å²) < 4.78 is 5.48. The number of Topliss-reactive ketones (excluding diaryl/α,β-unsaturated/α-hetero) is 1. The molecular weight excluding hydrogens is 338 g/mol. The standard InChI is InChI=1S/C19H31NO6/c1-19(2,25)18(24)16-5-3-15(4-6-16)7-12-26-14-17(23)13-20(8-10-21)9-11-22/h3-6,17,21-23,25H,7-14H2,1-2H3. The van der Waals surface area contributed by atoms with Gasteiger partial charge in [-0.15, -0.1) is 0 Å². The van der Waals surface area contributed by atoms with Crippen molar-refractivity contribution < 1.29 is 30.0 Å². The maximum atomic E-state index is 12.0. The predicted octanol–water partition coefficient (Wildman–Crippen LogP) is -0.153. The first-order valence-electron chi connectivity index (χ1n) is 8.84. The number of carbonyl (C=O) groups is 1. The van der Waals surface area contributed by atoms with Crippen LogP contribution in [0.15, 0.2) is 24.3 Å². The van der Waals surface area contributed by atoms with Crippen molar-refractivity contribution in [1.82, 2.24) is 4.90 Å². The van der Waals surface area contributed by atoms with Crippen molar-refractivity contribution in [3.63, 3.8) is 0 Å². The summed E-state index contributed by atoms with van der Waals surface area (Å²) in [7, 11) is 0. The van der Waals surface area contributed by atoms with E-state index in [2.05, 4.69) is 0 Å². The predicted molar refractivity (Wildman–Crippen MR) is 98.2 cm³/mol. The van der Waals surface area contributed by atoms with E-state index < -0.39 is 11.7 Å². The first-order chi connectivity index (χ1) is 12.3. The Bertz CT molecular complexity index is 520. The van der Waals surface area contributed by atoms with Gasteiger partial charge in [-0.3, -0.25) is 9.69 Å². The van der Waals surface area contributed by atoms with Crippen LogP contribution in [0.4, 0.5) is 0 Å². The summed E-state index contributed by atoms with van der Waals surface area (Å²) in [5.74, 6) is -0.321. The first-order valence-corrected chi connectivity index (χ1v) is 8.84. The minimum Gasteiger partial charge on any atom is -0.395 e. The van der Waals surface area contributed by atoms with Crippen LogP contribution < -0.4 is 0 Å². The highest BCUT2D eigenvalue weighted by atomic mass is 16.5. The van der Waals surface area contributed by atoms with E-state index in [9.17, 15) is 15.0 Å². The average molecular weight is 369 g/mol. The third kappa shape index (κ3) is 8.35. The molecule has 1 aromatic rings. The lowest BCUT2D eigenvalue weighted by molar-refractivity contribution is 0.0123. The van der Waals surface area contributed by atoms with Gasteiger partial charge in [0.1, 0.15) is 5.60 Å². The topological polar surface area (TPSA) is 110 Å². The third-order valence-electron chi connectivity index (χ3n) is 3.92. The third-order valence-corrected chi connectivity index (χ3v) is 3.92. The summed E-state index contributed by atoms with van der Waals surface area (Å²) in [6.07, 6.45) is -0.0550. The van der Waals surface area contributed by atoms with Gasteiger partial charge >= 0.3 is 0 Å². The molecule has 7 heteroatoms. The Hall–Kier alpha value is -1.35. The Labute approximate surface area is 154 Å². The van der Waals surface area contributed by atoms with E-state index in [-0.39, 0.29) is 25.6 Å². The summed E-state index contributed by atoms with van der Waals surface area (Å²) in [5, 5.41) is 37.6. The molecular formula is C19H31NO6. The molecule has 1 atom stereocenters. The molecule has 0 fully saturated rings. The Kier molecular flexibility index (Phi) is 9.93. The Morgan fingerprint density at radius 1 is 1.15 bits per heavy atom. The Morgan fingerprint density at radius 3 is 2.23 bits per heavy atom. The fraction of sp³-hybridized carbons (Fsp3) is 0.632. The summed E-state index contributed by atoms with van der Waals surface area (Å²) in [5.41, 5.74) is 0.0696. The van der Waals surface area contributed by atoms with Gasteiger partial charge in [0.15, 0.2) is 5.78 Å². The monoisotopic (exact) mass is 369 g/mol. The molecule has 0 saturated carbocycles. The minimum absolute atomic E-state index is 0.0282. The van der Waals surface area contributed by atoms with Crippen LogP contribution in [-0.2, 0) is 11.2 Å². The molecule has 26 heavy (non-hydrogen) atoms. The van der Waals surface area contributed by atoms with Crippen LogP contribution in [0.1, 0.15) is 29.8 Å². The molecule has 0 bridgehead atoms. The van der Waals surface area contributed by atoms with Crippen molar-refractivity contribution in [2.45, 2.75) is 32.0 Å². The lowest BCUT2D eigenvalue weighted by atomic mass is 9.96. The molecule has 0 saturated heterocycles. The molecule has 0 spiro atoms. The zero-order chi connectivity index (χ0) is 19.6. The molecule has 4 N–H and O–H groups in total. The highest BCUT2D eigenvalue weighted by molar-refractivity contribution is 6.01. The highest BCUT2D eigenvalue weighted by Gasteiger charge is 2.24. The molecule has 0 aliphatic heterocycles. The molecule has 148 valence electrons. The number of ether oxygens (including phenoxy) is 1. The fourth-order valence-corrected chi connectivity index (χ4v) is 2.51. The van der Waals surface area contributed by atoms with E-state index in [1.54, 1.807) is 17.0 Å². The molecule has 1 unspecified atom stereocenters. The largest absolute Gasteiger partial charge is 0.395 e. The number of benzene rings is 1. The van der Waals surface area contributed by atoms with Gasteiger partial charge in [-0.05, 0) is 25.8 Å². The summed E-state index contributed by atoms with van der Waals surface area (Å²) >= 11 is 0. The molecule has 1 rings (SSSR count). The van der Waals surface area contributed by atoms with Gasteiger partial charge in [0.05, 0.1) is 32.5 Å². The molecule has 0 aromatic heterocycles. The van der Waals surface area contributed by atoms with E-state index in [1.165, 1.54) is 13.8 Å². The zero-order valence-corrected chi connectivity index (χ0v) is 15.6. The van der Waals surface area contributed by atoms with Crippen LogP contribution in [0, 0.1) is 0 Å². The normalized spacial score (nSPS) is 13.2. The molecule has 0 aliphatic rings. The van der Waals surface area contributed by atoms with Gasteiger partial charge in [-0.1, -0.05) is 24.3 Å². The van der Waals surface area contributed by atoms with Gasteiger partial charge in [0.2, 0.25) is 0 Å². The number of carbonyl (C=O) groups excluding carboxylic acids is 1. The molecule has 0 radical (unpaired) electrons. The molecule has 0 heterocycles. The number of ketones is 1. The molecule has 0 aliphatic carbocycles.